The Bertz CT molecular complexity index is 1010. The number of aromatic nitrogens is 1. The lowest BCUT2D eigenvalue weighted by Gasteiger charge is -2.28. The highest BCUT2D eigenvalue weighted by molar-refractivity contribution is 5.94. The number of amides is 1. The number of hydrogen-bond acceptors (Lipinski definition) is 4. The van der Waals surface area contributed by atoms with Gasteiger partial charge in [0, 0.05) is 26.2 Å². The minimum absolute atomic E-state index is 0.113. The van der Waals surface area contributed by atoms with E-state index in [0.29, 0.717) is 18.0 Å². The quantitative estimate of drug-likeness (QED) is 0.648. The van der Waals surface area contributed by atoms with Gasteiger partial charge >= 0.3 is 0 Å². The lowest BCUT2D eigenvalue weighted by Crippen LogP contribution is -2.34. The van der Waals surface area contributed by atoms with Crippen molar-refractivity contribution in [2.45, 2.75) is 19.4 Å². The van der Waals surface area contributed by atoms with E-state index >= 15 is 0 Å². The van der Waals surface area contributed by atoms with Gasteiger partial charge in [0.05, 0.1) is 12.0 Å². The third kappa shape index (κ3) is 4.07. The number of rotatable bonds is 6. The van der Waals surface area contributed by atoms with E-state index in [-0.39, 0.29) is 11.5 Å². The standard InChI is InChI=1S/C22H23N3O3/c26-21(18-8-9-19(24-22(18)27)20-7-3-14-28-20)23-11-4-12-25-13-10-16-5-1-2-6-17(16)15-25/h1-3,5-9,14H,4,10-13,15H2,(H,23,26)(H,24,27). The van der Waals surface area contributed by atoms with Gasteiger partial charge in [-0.2, -0.15) is 0 Å². The van der Waals surface area contributed by atoms with Crippen LogP contribution >= 0.6 is 0 Å². The van der Waals surface area contributed by atoms with Gasteiger partial charge in [-0.15, -0.1) is 0 Å². The van der Waals surface area contributed by atoms with Crippen LogP contribution in [-0.2, 0) is 13.0 Å². The van der Waals surface area contributed by atoms with Crippen LogP contribution in [0.2, 0.25) is 0 Å². The number of carbonyl (C=O) groups is 1. The molecule has 0 spiro atoms. The number of carbonyl (C=O) groups excluding carboxylic acids is 1. The molecule has 1 amide bonds. The summed E-state index contributed by atoms with van der Waals surface area (Å²) in [5.41, 5.74) is 3.07. The summed E-state index contributed by atoms with van der Waals surface area (Å²) in [6, 6.07) is 15.3. The molecule has 144 valence electrons. The lowest BCUT2D eigenvalue weighted by atomic mass is 10.00. The van der Waals surface area contributed by atoms with Gasteiger partial charge in [0.1, 0.15) is 11.3 Å². The van der Waals surface area contributed by atoms with Gasteiger partial charge in [-0.25, -0.2) is 0 Å². The van der Waals surface area contributed by atoms with E-state index in [0.717, 1.165) is 32.5 Å². The topological polar surface area (TPSA) is 78.3 Å². The molecule has 0 radical (unpaired) electrons. The van der Waals surface area contributed by atoms with Crippen LogP contribution in [-0.4, -0.2) is 35.4 Å². The van der Waals surface area contributed by atoms with Crippen LogP contribution < -0.4 is 10.9 Å². The molecule has 3 aromatic rings. The zero-order valence-electron chi connectivity index (χ0n) is 15.6. The third-order valence-corrected chi connectivity index (χ3v) is 5.09. The zero-order chi connectivity index (χ0) is 19.3. The molecule has 0 fully saturated rings. The number of hydrogen-bond donors (Lipinski definition) is 2. The number of aromatic amines is 1. The van der Waals surface area contributed by atoms with Gasteiger partial charge in [-0.1, -0.05) is 24.3 Å². The molecular formula is C22H23N3O3. The van der Waals surface area contributed by atoms with Crippen LogP contribution in [0.25, 0.3) is 11.5 Å². The smallest absolute Gasteiger partial charge is 0.261 e. The highest BCUT2D eigenvalue weighted by atomic mass is 16.3. The molecule has 1 aromatic carbocycles. The molecule has 3 heterocycles. The monoisotopic (exact) mass is 377 g/mol. The Morgan fingerprint density at radius 2 is 1.96 bits per heavy atom. The van der Waals surface area contributed by atoms with Gasteiger partial charge in [0.2, 0.25) is 0 Å². The highest BCUT2D eigenvalue weighted by Crippen LogP contribution is 2.18. The van der Waals surface area contributed by atoms with Crippen molar-refractivity contribution in [3.8, 4) is 11.5 Å². The first-order valence-electron chi connectivity index (χ1n) is 9.55. The Labute approximate surface area is 163 Å². The van der Waals surface area contributed by atoms with E-state index in [1.165, 1.54) is 23.5 Å². The predicted molar refractivity (Wildman–Crippen MR) is 107 cm³/mol. The first kappa shape index (κ1) is 18.3. The number of pyridine rings is 1. The van der Waals surface area contributed by atoms with E-state index in [1.54, 1.807) is 18.2 Å². The Morgan fingerprint density at radius 1 is 1.11 bits per heavy atom. The lowest BCUT2D eigenvalue weighted by molar-refractivity contribution is 0.0949. The summed E-state index contributed by atoms with van der Waals surface area (Å²) in [4.78, 5) is 29.6. The predicted octanol–water partition coefficient (Wildman–Crippen LogP) is 2.81. The van der Waals surface area contributed by atoms with E-state index in [1.807, 2.05) is 0 Å². The van der Waals surface area contributed by atoms with Crippen molar-refractivity contribution in [3.63, 3.8) is 0 Å². The second-order valence-corrected chi connectivity index (χ2v) is 7.00. The molecule has 4 rings (SSSR count). The average Bonchev–Trinajstić information content (AvgIpc) is 3.26. The maximum atomic E-state index is 12.3. The number of nitrogens with zero attached hydrogens (tertiary/aromatic N) is 1. The van der Waals surface area contributed by atoms with Gasteiger partial charge in [0.25, 0.3) is 11.5 Å². The van der Waals surface area contributed by atoms with Crippen LogP contribution in [0.1, 0.15) is 27.9 Å². The van der Waals surface area contributed by atoms with E-state index < -0.39 is 5.56 Å². The number of fused-ring (bicyclic) bond motifs is 1. The first-order valence-corrected chi connectivity index (χ1v) is 9.55. The van der Waals surface area contributed by atoms with E-state index in [9.17, 15) is 9.59 Å². The molecule has 0 saturated carbocycles. The summed E-state index contributed by atoms with van der Waals surface area (Å²) in [6.07, 6.45) is 3.45. The van der Waals surface area contributed by atoms with Crippen molar-refractivity contribution < 1.29 is 9.21 Å². The van der Waals surface area contributed by atoms with Crippen molar-refractivity contribution in [3.05, 3.63) is 81.8 Å². The second-order valence-electron chi connectivity index (χ2n) is 7.00. The van der Waals surface area contributed by atoms with Crippen LogP contribution in [0.15, 0.2) is 64.0 Å². The average molecular weight is 377 g/mol. The molecule has 2 aromatic heterocycles. The zero-order valence-corrected chi connectivity index (χ0v) is 15.6. The van der Waals surface area contributed by atoms with Crippen molar-refractivity contribution >= 4 is 5.91 Å². The molecule has 0 aliphatic carbocycles. The minimum Gasteiger partial charge on any atom is -0.463 e. The van der Waals surface area contributed by atoms with E-state index in [4.69, 9.17) is 4.42 Å². The van der Waals surface area contributed by atoms with Crippen molar-refractivity contribution in [2.75, 3.05) is 19.6 Å². The molecular weight excluding hydrogens is 354 g/mol. The SMILES string of the molecule is O=C(NCCCN1CCc2ccccc2C1)c1ccc(-c2ccco2)[nH]c1=O. The van der Waals surface area contributed by atoms with Crippen LogP contribution in [0.3, 0.4) is 0 Å². The number of furan rings is 1. The summed E-state index contributed by atoms with van der Waals surface area (Å²) in [7, 11) is 0. The van der Waals surface area contributed by atoms with Gasteiger partial charge in [-0.3, -0.25) is 14.5 Å². The molecule has 0 atom stereocenters. The number of H-pyrrole nitrogens is 1. The van der Waals surface area contributed by atoms with Crippen molar-refractivity contribution in [1.82, 2.24) is 15.2 Å². The first-order chi connectivity index (χ1) is 13.7. The summed E-state index contributed by atoms with van der Waals surface area (Å²) < 4.78 is 5.26. The molecule has 0 saturated heterocycles. The summed E-state index contributed by atoms with van der Waals surface area (Å²) in [5, 5.41) is 2.84. The molecule has 1 aliphatic heterocycles. The number of nitrogens with one attached hydrogen (secondary N) is 2. The fraction of sp³-hybridized carbons (Fsp3) is 0.273. The fourth-order valence-electron chi connectivity index (χ4n) is 3.57. The largest absolute Gasteiger partial charge is 0.463 e. The van der Waals surface area contributed by atoms with Gasteiger partial charge in [0.15, 0.2) is 0 Å². The Kier molecular flexibility index (Phi) is 5.39. The van der Waals surface area contributed by atoms with Gasteiger partial charge < -0.3 is 14.7 Å². The maximum Gasteiger partial charge on any atom is 0.261 e. The Morgan fingerprint density at radius 3 is 2.75 bits per heavy atom. The second kappa shape index (κ2) is 8.27. The van der Waals surface area contributed by atoms with Crippen LogP contribution in [0.5, 0.6) is 0 Å². The summed E-state index contributed by atoms with van der Waals surface area (Å²) >= 11 is 0. The molecule has 6 heteroatoms. The van der Waals surface area contributed by atoms with E-state index in [2.05, 4.69) is 39.5 Å². The molecule has 2 N–H and O–H groups in total. The third-order valence-electron chi connectivity index (χ3n) is 5.09. The minimum atomic E-state index is -0.418. The molecule has 1 aliphatic rings. The summed E-state index contributed by atoms with van der Waals surface area (Å²) in [6.45, 7) is 3.45. The van der Waals surface area contributed by atoms with Crippen LogP contribution in [0, 0.1) is 0 Å². The van der Waals surface area contributed by atoms with Gasteiger partial charge in [-0.05, 0) is 48.2 Å². The van der Waals surface area contributed by atoms with Crippen molar-refractivity contribution in [1.29, 1.82) is 0 Å². The fourth-order valence-corrected chi connectivity index (χ4v) is 3.57. The maximum absolute atomic E-state index is 12.3. The number of benzene rings is 1. The normalized spacial score (nSPS) is 13.9. The highest BCUT2D eigenvalue weighted by Gasteiger charge is 2.16. The van der Waals surface area contributed by atoms with Crippen molar-refractivity contribution in [2.24, 2.45) is 0 Å². The van der Waals surface area contributed by atoms with Crippen LogP contribution in [0.4, 0.5) is 0 Å². The molecule has 0 bridgehead atoms. The summed E-state index contributed by atoms with van der Waals surface area (Å²) in [5.74, 6) is 0.211. The molecule has 6 nitrogen and oxygen atoms in total. The Balaban J connectivity index is 1.27. The molecule has 0 unspecified atom stereocenters. The Hall–Kier alpha value is -3.12. The molecule has 28 heavy (non-hydrogen) atoms.